The van der Waals surface area contributed by atoms with Gasteiger partial charge in [0.1, 0.15) is 17.1 Å². The first-order chi connectivity index (χ1) is 14.0. The molecule has 3 aliphatic rings. The number of fused-ring (bicyclic) bond motifs is 1. The monoisotopic (exact) mass is 450 g/mol. The van der Waals surface area contributed by atoms with E-state index in [2.05, 4.69) is 5.32 Å². The van der Waals surface area contributed by atoms with E-state index in [0.717, 1.165) is 11.3 Å². The zero-order valence-corrected chi connectivity index (χ0v) is 17.6. The Balaban J connectivity index is 1.45. The zero-order valence-electron chi connectivity index (χ0n) is 15.2. The van der Waals surface area contributed by atoms with E-state index in [1.54, 1.807) is 0 Å². The van der Waals surface area contributed by atoms with Crippen LogP contribution in [0.3, 0.4) is 0 Å². The Bertz CT molecular complexity index is 904. The molecule has 152 valence electrons. The summed E-state index contributed by atoms with van der Waals surface area (Å²) in [5, 5.41) is 11.8. The van der Waals surface area contributed by atoms with Crippen molar-refractivity contribution in [1.29, 1.82) is 0 Å². The van der Waals surface area contributed by atoms with Crippen LogP contribution in [-0.4, -0.2) is 61.1 Å². The third kappa shape index (κ3) is 4.06. The fourth-order valence-corrected chi connectivity index (χ4v) is 7.44. The van der Waals surface area contributed by atoms with Gasteiger partial charge in [0.25, 0.3) is 5.91 Å². The number of aliphatic carboxylic acids is 1. The molecule has 0 radical (unpaired) electrons. The summed E-state index contributed by atoms with van der Waals surface area (Å²) in [7, 11) is 0. The predicted molar refractivity (Wildman–Crippen MR) is 113 cm³/mol. The summed E-state index contributed by atoms with van der Waals surface area (Å²) < 4.78 is 0. The highest BCUT2D eigenvalue weighted by Gasteiger charge is 2.54. The third-order valence-electron chi connectivity index (χ3n) is 4.83. The van der Waals surface area contributed by atoms with E-state index in [1.165, 1.54) is 40.2 Å². The van der Waals surface area contributed by atoms with Crippen LogP contribution in [0.5, 0.6) is 0 Å². The summed E-state index contributed by atoms with van der Waals surface area (Å²) in [6.07, 6.45) is 0.858. The number of amides is 2. The molecule has 3 aliphatic heterocycles. The van der Waals surface area contributed by atoms with E-state index in [1.807, 2.05) is 30.3 Å². The maximum Gasteiger partial charge on any atom is 0.353 e. The van der Waals surface area contributed by atoms with Crippen molar-refractivity contribution in [2.75, 3.05) is 11.5 Å². The zero-order chi connectivity index (χ0) is 20.5. The minimum Gasteiger partial charge on any atom is -0.477 e. The quantitative estimate of drug-likeness (QED) is 0.631. The van der Waals surface area contributed by atoms with Crippen LogP contribution in [0, 0.1) is 0 Å². The second-order valence-corrected chi connectivity index (χ2v) is 10.3. The lowest BCUT2D eigenvalue weighted by atomic mass is 10.0. The van der Waals surface area contributed by atoms with Crippen molar-refractivity contribution < 1.29 is 24.3 Å². The van der Waals surface area contributed by atoms with Gasteiger partial charge in [0, 0.05) is 16.4 Å². The van der Waals surface area contributed by atoms with Gasteiger partial charge in [-0.15, -0.1) is 23.5 Å². The molecule has 2 amide bonds. The Morgan fingerprint density at radius 2 is 2.00 bits per heavy atom. The highest BCUT2D eigenvalue weighted by molar-refractivity contribution is 8.17. The molecule has 0 aromatic heterocycles. The lowest BCUT2D eigenvalue weighted by molar-refractivity contribution is -0.150. The molecule has 3 heterocycles. The number of β-lactam (4-membered cyclic amide) rings is 1. The molecule has 2 fully saturated rings. The number of hydrogen-bond donors (Lipinski definition) is 2. The number of carbonyl (C=O) groups excluding carboxylic acids is 3. The fraction of sp³-hybridized carbons (Fsp3) is 0.368. The summed E-state index contributed by atoms with van der Waals surface area (Å²) in [6, 6.07) is 8.48. The van der Waals surface area contributed by atoms with Gasteiger partial charge >= 0.3 is 5.97 Å². The van der Waals surface area contributed by atoms with Crippen molar-refractivity contribution in [2.45, 2.75) is 29.5 Å². The van der Waals surface area contributed by atoms with E-state index in [9.17, 15) is 24.3 Å². The second kappa shape index (κ2) is 8.45. The molecule has 0 aliphatic carbocycles. The Kier molecular flexibility index (Phi) is 5.93. The van der Waals surface area contributed by atoms with Crippen molar-refractivity contribution in [2.24, 2.45) is 0 Å². The number of carbonyl (C=O) groups is 4. The van der Waals surface area contributed by atoms with Gasteiger partial charge in [-0.05, 0) is 12.0 Å². The van der Waals surface area contributed by atoms with Crippen LogP contribution in [-0.2, 0) is 25.6 Å². The Labute approximate surface area is 180 Å². The number of hydrogen-bond acceptors (Lipinski definition) is 7. The first-order valence-corrected chi connectivity index (χ1v) is 11.9. The third-order valence-corrected chi connectivity index (χ3v) is 8.81. The number of nitrogens with one attached hydrogen (secondary N) is 1. The molecule has 0 bridgehead atoms. The molecule has 10 heteroatoms. The minimum absolute atomic E-state index is 0.0537. The highest BCUT2D eigenvalue weighted by Crippen LogP contribution is 2.46. The summed E-state index contributed by atoms with van der Waals surface area (Å²) in [6.45, 7) is 0. The summed E-state index contributed by atoms with van der Waals surface area (Å²) in [4.78, 5) is 50.6. The SMILES string of the molecule is O=C(Cc1ccccc1)N[C@@H]1C(=O)N2C(C(=O)O)=C(SC3CCSC3=O)CS[C@H]12. The Hall–Kier alpha value is -1.91. The molecule has 3 atom stereocenters. The summed E-state index contributed by atoms with van der Waals surface area (Å²) in [5.74, 6) is -0.741. The second-order valence-electron chi connectivity index (χ2n) is 6.76. The maximum atomic E-state index is 12.7. The van der Waals surface area contributed by atoms with Crippen LogP contribution in [0.1, 0.15) is 12.0 Å². The number of carboxylic acids is 1. The van der Waals surface area contributed by atoms with E-state index in [-0.39, 0.29) is 28.4 Å². The number of benzene rings is 1. The molecule has 1 aromatic rings. The van der Waals surface area contributed by atoms with Crippen molar-refractivity contribution in [3.63, 3.8) is 0 Å². The molecule has 0 saturated carbocycles. The molecule has 0 spiro atoms. The largest absolute Gasteiger partial charge is 0.477 e. The van der Waals surface area contributed by atoms with Gasteiger partial charge in [-0.3, -0.25) is 19.3 Å². The molecule has 4 rings (SSSR count). The van der Waals surface area contributed by atoms with Crippen LogP contribution >= 0.6 is 35.3 Å². The van der Waals surface area contributed by atoms with Gasteiger partial charge in [0.05, 0.1) is 11.7 Å². The van der Waals surface area contributed by atoms with Gasteiger partial charge in [0.2, 0.25) is 11.0 Å². The lowest BCUT2D eigenvalue weighted by Crippen LogP contribution is -2.70. The van der Waals surface area contributed by atoms with Crippen molar-refractivity contribution in [1.82, 2.24) is 10.2 Å². The average Bonchev–Trinajstić information content (AvgIpc) is 3.11. The molecule has 29 heavy (non-hydrogen) atoms. The smallest absolute Gasteiger partial charge is 0.353 e. The fourth-order valence-electron chi connectivity index (χ4n) is 3.44. The summed E-state index contributed by atoms with van der Waals surface area (Å²) >= 11 is 3.94. The maximum absolute atomic E-state index is 12.7. The van der Waals surface area contributed by atoms with Gasteiger partial charge in [-0.2, -0.15) is 0 Å². The van der Waals surface area contributed by atoms with E-state index in [0.29, 0.717) is 17.1 Å². The average molecular weight is 451 g/mol. The lowest BCUT2D eigenvalue weighted by Gasteiger charge is -2.49. The first-order valence-electron chi connectivity index (χ1n) is 9.03. The predicted octanol–water partition coefficient (Wildman–Crippen LogP) is 1.69. The molecular formula is C19H18N2O5S3. The Morgan fingerprint density at radius 1 is 1.24 bits per heavy atom. The van der Waals surface area contributed by atoms with Crippen LogP contribution in [0.2, 0.25) is 0 Å². The number of nitrogens with zero attached hydrogens (tertiary/aromatic N) is 1. The van der Waals surface area contributed by atoms with E-state index in [4.69, 9.17) is 0 Å². The number of rotatable bonds is 6. The number of thioether (sulfide) groups is 3. The van der Waals surface area contributed by atoms with Gasteiger partial charge in [-0.1, -0.05) is 42.1 Å². The minimum atomic E-state index is -1.18. The summed E-state index contributed by atoms with van der Waals surface area (Å²) in [5.41, 5.74) is 0.788. The molecular weight excluding hydrogens is 432 g/mol. The molecule has 1 aromatic carbocycles. The molecule has 7 nitrogen and oxygen atoms in total. The standard InChI is InChI=1S/C19H18N2O5S3/c22-13(8-10-4-2-1-3-5-10)20-14-16(23)21-15(18(24)25)12(9-28-17(14)21)29-11-6-7-27-19(11)26/h1-5,11,14,17H,6-9H2,(H,20,22)(H,24,25)/t11?,14-,17-/m1/s1. The van der Waals surface area contributed by atoms with Crippen LogP contribution < -0.4 is 5.32 Å². The number of carboxylic acid groups (broad SMARTS) is 1. The van der Waals surface area contributed by atoms with Crippen LogP contribution in [0.15, 0.2) is 40.9 Å². The van der Waals surface area contributed by atoms with E-state index >= 15 is 0 Å². The topological polar surface area (TPSA) is 104 Å². The first kappa shape index (κ1) is 20.4. The van der Waals surface area contributed by atoms with Gasteiger partial charge in [0.15, 0.2) is 0 Å². The van der Waals surface area contributed by atoms with Crippen molar-refractivity contribution in [3.8, 4) is 0 Å². The molecule has 2 saturated heterocycles. The van der Waals surface area contributed by atoms with Crippen LogP contribution in [0.4, 0.5) is 0 Å². The van der Waals surface area contributed by atoms with E-state index < -0.39 is 23.3 Å². The normalized spacial score (nSPS) is 26.2. The van der Waals surface area contributed by atoms with Crippen molar-refractivity contribution >= 4 is 58.2 Å². The molecule has 1 unspecified atom stereocenters. The van der Waals surface area contributed by atoms with Crippen molar-refractivity contribution in [3.05, 3.63) is 46.5 Å². The van der Waals surface area contributed by atoms with Gasteiger partial charge in [-0.25, -0.2) is 4.79 Å². The Morgan fingerprint density at radius 3 is 2.66 bits per heavy atom. The highest BCUT2D eigenvalue weighted by atomic mass is 32.2. The van der Waals surface area contributed by atoms with Crippen LogP contribution in [0.25, 0.3) is 0 Å². The molecule has 2 N–H and O–H groups in total. The van der Waals surface area contributed by atoms with Gasteiger partial charge < -0.3 is 10.4 Å².